The SMILES string of the molecule is COc1cc2c(cc1OC)-c1c(c(C(=O)N[C@@H]3CCS(=O)(=O)C3)nn1-c1ccccc1)C2. The molecule has 32 heavy (non-hydrogen) atoms. The molecule has 2 heterocycles. The molecule has 0 radical (unpaired) electrons. The number of benzene rings is 2. The number of sulfone groups is 1. The molecule has 3 aromatic rings. The van der Waals surface area contributed by atoms with Crippen LogP contribution in [0.4, 0.5) is 0 Å². The molecule has 1 aliphatic heterocycles. The van der Waals surface area contributed by atoms with Gasteiger partial charge in [0.1, 0.15) is 0 Å². The fraction of sp³-hybridized carbons (Fsp3) is 0.304. The fourth-order valence-corrected chi connectivity index (χ4v) is 6.15. The van der Waals surface area contributed by atoms with E-state index < -0.39 is 15.9 Å². The molecule has 1 fully saturated rings. The zero-order valence-electron chi connectivity index (χ0n) is 17.8. The third-order valence-electron chi connectivity index (χ3n) is 6.00. The summed E-state index contributed by atoms with van der Waals surface area (Å²) in [6, 6.07) is 13.0. The highest BCUT2D eigenvalue weighted by Crippen LogP contribution is 2.44. The molecule has 0 bridgehead atoms. The summed E-state index contributed by atoms with van der Waals surface area (Å²) in [6.45, 7) is 0. The fourth-order valence-electron chi connectivity index (χ4n) is 4.47. The molecule has 2 aromatic carbocycles. The number of carbonyl (C=O) groups is 1. The number of carbonyl (C=O) groups excluding carboxylic acids is 1. The van der Waals surface area contributed by atoms with Gasteiger partial charge in [0, 0.05) is 23.6 Å². The molecule has 1 saturated heterocycles. The third-order valence-corrected chi connectivity index (χ3v) is 7.77. The Morgan fingerprint density at radius 3 is 2.50 bits per heavy atom. The van der Waals surface area contributed by atoms with Crippen LogP contribution in [-0.2, 0) is 16.3 Å². The second-order valence-electron chi connectivity index (χ2n) is 8.04. The zero-order valence-corrected chi connectivity index (χ0v) is 18.6. The number of fused-ring (bicyclic) bond motifs is 3. The van der Waals surface area contributed by atoms with Crippen molar-refractivity contribution < 1.29 is 22.7 Å². The van der Waals surface area contributed by atoms with Crippen LogP contribution in [0.15, 0.2) is 42.5 Å². The number of hydrogen-bond acceptors (Lipinski definition) is 6. The van der Waals surface area contributed by atoms with E-state index in [0.717, 1.165) is 28.1 Å². The minimum absolute atomic E-state index is 0.0328. The summed E-state index contributed by atoms with van der Waals surface area (Å²) in [5.74, 6) is 0.929. The van der Waals surface area contributed by atoms with Crippen LogP contribution >= 0.6 is 0 Å². The van der Waals surface area contributed by atoms with Crippen molar-refractivity contribution in [2.45, 2.75) is 18.9 Å². The molecule has 0 spiro atoms. The lowest BCUT2D eigenvalue weighted by Gasteiger charge is -2.12. The van der Waals surface area contributed by atoms with Gasteiger partial charge >= 0.3 is 0 Å². The number of ether oxygens (including phenoxy) is 2. The summed E-state index contributed by atoms with van der Waals surface area (Å²) in [4.78, 5) is 13.2. The number of nitrogens with zero attached hydrogens (tertiary/aromatic N) is 2. The van der Waals surface area contributed by atoms with Crippen molar-refractivity contribution in [2.24, 2.45) is 0 Å². The van der Waals surface area contributed by atoms with Crippen LogP contribution in [0.3, 0.4) is 0 Å². The van der Waals surface area contributed by atoms with Crippen LogP contribution in [0.1, 0.15) is 28.0 Å². The predicted octanol–water partition coefficient (Wildman–Crippen LogP) is 2.38. The number of nitrogens with one attached hydrogen (secondary N) is 1. The molecule has 1 aromatic heterocycles. The minimum Gasteiger partial charge on any atom is -0.493 e. The van der Waals surface area contributed by atoms with Gasteiger partial charge in [-0.1, -0.05) is 18.2 Å². The molecule has 0 saturated carbocycles. The predicted molar refractivity (Wildman–Crippen MR) is 119 cm³/mol. The quantitative estimate of drug-likeness (QED) is 0.498. The van der Waals surface area contributed by atoms with Crippen LogP contribution in [0.5, 0.6) is 11.5 Å². The van der Waals surface area contributed by atoms with Gasteiger partial charge in [-0.25, -0.2) is 13.1 Å². The molecule has 9 heteroatoms. The van der Waals surface area contributed by atoms with E-state index in [1.807, 2.05) is 42.5 Å². The van der Waals surface area contributed by atoms with Crippen LogP contribution in [-0.4, -0.2) is 55.9 Å². The van der Waals surface area contributed by atoms with Crippen LogP contribution < -0.4 is 14.8 Å². The van der Waals surface area contributed by atoms with Crippen LogP contribution in [0.2, 0.25) is 0 Å². The Kier molecular flexibility index (Phi) is 4.93. The number of aromatic nitrogens is 2. The van der Waals surface area contributed by atoms with E-state index in [1.165, 1.54) is 0 Å². The monoisotopic (exact) mass is 453 g/mol. The smallest absolute Gasteiger partial charge is 0.272 e. The first-order valence-electron chi connectivity index (χ1n) is 10.3. The second kappa shape index (κ2) is 7.67. The second-order valence-corrected chi connectivity index (χ2v) is 10.3. The average molecular weight is 454 g/mol. The average Bonchev–Trinajstić information content (AvgIpc) is 3.44. The van der Waals surface area contributed by atoms with Gasteiger partial charge in [0.25, 0.3) is 5.91 Å². The highest BCUT2D eigenvalue weighted by molar-refractivity contribution is 7.91. The van der Waals surface area contributed by atoms with Crippen LogP contribution in [0.25, 0.3) is 16.9 Å². The summed E-state index contributed by atoms with van der Waals surface area (Å²) < 4.78 is 36.3. The summed E-state index contributed by atoms with van der Waals surface area (Å²) >= 11 is 0. The Balaban J connectivity index is 1.61. The van der Waals surface area contributed by atoms with Gasteiger partial charge in [-0.2, -0.15) is 5.10 Å². The van der Waals surface area contributed by atoms with Crippen molar-refractivity contribution in [3.63, 3.8) is 0 Å². The molecular formula is C23H23N3O5S. The van der Waals surface area contributed by atoms with Gasteiger partial charge in [0.15, 0.2) is 27.0 Å². The molecule has 1 amide bonds. The van der Waals surface area contributed by atoms with Gasteiger partial charge in [0.05, 0.1) is 37.1 Å². The highest BCUT2D eigenvalue weighted by Gasteiger charge is 2.35. The Hall–Kier alpha value is -3.33. The highest BCUT2D eigenvalue weighted by atomic mass is 32.2. The van der Waals surface area contributed by atoms with Crippen molar-refractivity contribution in [1.82, 2.24) is 15.1 Å². The normalized spacial score (nSPS) is 18.1. The lowest BCUT2D eigenvalue weighted by Crippen LogP contribution is -2.36. The minimum atomic E-state index is -3.10. The Labute approximate surface area is 186 Å². The maximum atomic E-state index is 13.2. The van der Waals surface area contributed by atoms with E-state index in [0.29, 0.717) is 30.0 Å². The third kappa shape index (κ3) is 3.42. The summed E-state index contributed by atoms with van der Waals surface area (Å²) in [7, 11) is 0.0765. The van der Waals surface area contributed by atoms with E-state index in [1.54, 1.807) is 18.9 Å². The van der Waals surface area contributed by atoms with Crippen molar-refractivity contribution in [1.29, 1.82) is 0 Å². The first-order valence-corrected chi connectivity index (χ1v) is 12.2. The molecule has 1 N–H and O–H groups in total. The number of hydrogen-bond donors (Lipinski definition) is 1. The summed E-state index contributed by atoms with van der Waals surface area (Å²) in [5, 5.41) is 7.53. The summed E-state index contributed by atoms with van der Waals surface area (Å²) in [5.41, 5.74) is 4.71. The molecule has 1 aliphatic carbocycles. The van der Waals surface area contributed by atoms with Crippen molar-refractivity contribution in [3.05, 3.63) is 59.3 Å². The molecule has 8 nitrogen and oxygen atoms in total. The lowest BCUT2D eigenvalue weighted by atomic mass is 10.1. The largest absolute Gasteiger partial charge is 0.493 e. The first-order chi connectivity index (χ1) is 15.4. The van der Waals surface area contributed by atoms with E-state index in [2.05, 4.69) is 10.4 Å². The Morgan fingerprint density at radius 2 is 1.84 bits per heavy atom. The van der Waals surface area contributed by atoms with Gasteiger partial charge in [0.2, 0.25) is 0 Å². The van der Waals surface area contributed by atoms with Gasteiger partial charge < -0.3 is 14.8 Å². The van der Waals surface area contributed by atoms with Crippen molar-refractivity contribution in [2.75, 3.05) is 25.7 Å². The maximum Gasteiger partial charge on any atom is 0.272 e. The van der Waals surface area contributed by atoms with E-state index in [-0.39, 0.29) is 17.4 Å². The van der Waals surface area contributed by atoms with Crippen molar-refractivity contribution >= 4 is 15.7 Å². The van der Waals surface area contributed by atoms with E-state index in [4.69, 9.17) is 9.47 Å². The zero-order chi connectivity index (χ0) is 22.5. The molecule has 5 rings (SSSR count). The summed E-state index contributed by atoms with van der Waals surface area (Å²) in [6.07, 6.45) is 0.938. The van der Waals surface area contributed by atoms with Gasteiger partial charge in [-0.05, 0) is 36.2 Å². The van der Waals surface area contributed by atoms with E-state index in [9.17, 15) is 13.2 Å². The molecule has 2 aliphatic rings. The maximum absolute atomic E-state index is 13.2. The molecule has 166 valence electrons. The number of para-hydroxylation sites is 1. The molecule has 1 atom stereocenters. The molecular weight excluding hydrogens is 430 g/mol. The van der Waals surface area contributed by atoms with Gasteiger partial charge in [-0.15, -0.1) is 0 Å². The first kappa shape index (κ1) is 20.6. The number of methoxy groups -OCH3 is 2. The molecule has 0 unspecified atom stereocenters. The number of rotatable bonds is 5. The van der Waals surface area contributed by atoms with Gasteiger partial charge in [-0.3, -0.25) is 4.79 Å². The Bertz CT molecular complexity index is 1320. The Morgan fingerprint density at radius 1 is 1.12 bits per heavy atom. The topological polar surface area (TPSA) is 99.5 Å². The van der Waals surface area contributed by atoms with Crippen LogP contribution in [0, 0.1) is 0 Å². The standard InChI is InChI=1S/C23H23N3O5S/c1-30-19-11-14-10-18-21(23(27)24-15-8-9-32(28,29)13-15)25-26(16-6-4-3-5-7-16)22(18)17(14)12-20(19)31-2/h3-7,11-12,15H,8-10,13H2,1-2H3,(H,24,27)/t15-/m1/s1. The lowest BCUT2D eigenvalue weighted by molar-refractivity contribution is 0.0935. The number of amides is 1. The van der Waals surface area contributed by atoms with Crippen molar-refractivity contribution in [3.8, 4) is 28.4 Å². The van der Waals surface area contributed by atoms with E-state index >= 15 is 0 Å².